The minimum Gasteiger partial charge on any atom is -0.337 e. The predicted molar refractivity (Wildman–Crippen MR) is 128 cm³/mol. The van der Waals surface area contributed by atoms with Crippen molar-refractivity contribution in [3.8, 4) is 11.3 Å². The molecule has 3 heterocycles. The summed E-state index contributed by atoms with van der Waals surface area (Å²) in [4.78, 5) is 19.6. The molecule has 0 spiro atoms. The molecule has 0 unspecified atom stereocenters. The Labute approximate surface area is 191 Å². The van der Waals surface area contributed by atoms with Crippen LogP contribution in [0, 0.1) is 0 Å². The maximum Gasteiger partial charge on any atom is 0.253 e. The van der Waals surface area contributed by atoms with E-state index in [4.69, 9.17) is 4.98 Å². The van der Waals surface area contributed by atoms with Crippen LogP contribution in [0.1, 0.15) is 34.3 Å². The monoisotopic (exact) mass is 460 g/mol. The summed E-state index contributed by atoms with van der Waals surface area (Å²) in [6.07, 6.45) is 6.22. The van der Waals surface area contributed by atoms with Gasteiger partial charge in [-0.1, -0.05) is 12.1 Å². The molecule has 7 nitrogen and oxygen atoms in total. The number of aryl methyl sites for hydroxylation is 1. The molecule has 1 N–H and O–H groups in total. The maximum atomic E-state index is 12.9. The lowest BCUT2D eigenvalue weighted by atomic mass is 9.85. The van der Waals surface area contributed by atoms with Crippen molar-refractivity contribution in [2.24, 2.45) is 0 Å². The van der Waals surface area contributed by atoms with E-state index >= 15 is 0 Å². The number of carbonyl (C=O) groups is 1. The Kier molecular flexibility index (Phi) is 4.72. The van der Waals surface area contributed by atoms with Crippen molar-refractivity contribution < 1.29 is 13.2 Å². The van der Waals surface area contributed by atoms with Crippen LogP contribution < -0.4 is 0 Å². The number of amides is 1. The van der Waals surface area contributed by atoms with Gasteiger partial charge in [0.1, 0.15) is 0 Å². The van der Waals surface area contributed by atoms with Gasteiger partial charge in [-0.2, -0.15) is 5.10 Å². The number of aromatic amines is 1. The third kappa shape index (κ3) is 3.49. The first kappa shape index (κ1) is 20.4. The molecule has 2 aromatic carbocycles. The second-order valence-corrected chi connectivity index (χ2v) is 11.2. The molecule has 0 radical (unpaired) electrons. The summed E-state index contributed by atoms with van der Waals surface area (Å²) in [5, 5.41) is 9.62. The molecule has 1 amide bonds. The number of rotatable bonds is 2. The van der Waals surface area contributed by atoms with Gasteiger partial charge in [0.05, 0.1) is 34.4 Å². The summed E-state index contributed by atoms with van der Waals surface area (Å²) in [5.74, 6) is -0.0470. The molecular weight excluding hydrogens is 436 g/mol. The largest absolute Gasteiger partial charge is 0.337 e. The van der Waals surface area contributed by atoms with E-state index in [0.29, 0.717) is 5.56 Å². The number of sulfone groups is 1. The van der Waals surface area contributed by atoms with Crippen LogP contribution in [0.4, 0.5) is 0 Å². The standard InChI is InChI=1S/C25H24N4O3S/c30-25(29-11-13-33(31,32)14-12-29)17-7-5-16(6-8-17)24-19-4-2-1-3-18(19)23-20-15-26-28-21(20)9-10-22(23)27-24/h5-10,15H,1-4,11-14H2,(H,26,28). The Morgan fingerprint density at radius 2 is 1.67 bits per heavy atom. The summed E-state index contributed by atoms with van der Waals surface area (Å²) < 4.78 is 23.3. The number of nitrogens with zero attached hydrogens (tertiary/aromatic N) is 3. The molecule has 0 saturated carbocycles. The molecule has 6 rings (SSSR count). The number of benzene rings is 2. The molecule has 1 aliphatic carbocycles. The third-order valence-corrected chi connectivity index (χ3v) is 8.54. The summed E-state index contributed by atoms with van der Waals surface area (Å²) in [7, 11) is -3.02. The fraction of sp³-hybridized carbons (Fsp3) is 0.320. The zero-order chi connectivity index (χ0) is 22.6. The molecule has 1 saturated heterocycles. The highest BCUT2D eigenvalue weighted by Gasteiger charge is 2.26. The number of fused-ring (bicyclic) bond motifs is 5. The second-order valence-electron chi connectivity index (χ2n) is 8.94. The number of hydrogen-bond donors (Lipinski definition) is 1. The van der Waals surface area contributed by atoms with E-state index < -0.39 is 9.84 Å². The molecule has 1 fully saturated rings. The van der Waals surface area contributed by atoms with Crippen molar-refractivity contribution in [3.63, 3.8) is 0 Å². The zero-order valence-corrected chi connectivity index (χ0v) is 19.0. The summed E-state index contributed by atoms with van der Waals surface area (Å²) in [6.45, 7) is 0.510. The van der Waals surface area contributed by atoms with Crippen molar-refractivity contribution in [2.75, 3.05) is 24.6 Å². The first-order chi connectivity index (χ1) is 16.0. The molecule has 2 aromatic heterocycles. The van der Waals surface area contributed by atoms with Crippen molar-refractivity contribution >= 4 is 37.6 Å². The lowest BCUT2D eigenvalue weighted by Crippen LogP contribution is -2.43. The highest BCUT2D eigenvalue weighted by Crippen LogP contribution is 2.37. The van der Waals surface area contributed by atoms with Gasteiger partial charge in [0.25, 0.3) is 5.91 Å². The van der Waals surface area contributed by atoms with Gasteiger partial charge in [-0.15, -0.1) is 0 Å². The van der Waals surface area contributed by atoms with Crippen molar-refractivity contribution in [1.29, 1.82) is 0 Å². The predicted octanol–water partition coefficient (Wildman–Crippen LogP) is 3.53. The van der Waals surface area contributed by atoms with E-state index in [9.17, 15) is 13.2 Å². The average molecular weight is 461 g/mol. The normalized spacial score (nSPS) is 17.9. The van der Waals surface area contributed by atoms with Crippen LogP contribution in [-0.4, -0.2) is 59.0 Å². The molecule has 33 heavy (non-hydrogen) atoms. The van der Waals surface area contributed by atoms with Gasteiger partial charge in [-0.25, -0.2) is 13.4 Å². The molecule has 0 bridgehead atoms. The van der Waals surface area contributed by atoms with Gasteiger partial charge in [0.15, 0.2) is 9.84 Å². The van der Waals surface area contributed by atoms with Crippen LogP contribution >= 0.6 is 0 Å². The van der Waals surface area contributed by atoms with Crippen LogP contribution in [-0.2, 0) is 22.7 Å². The zero-order valence-electron chi connectivity index (χ0n) is 18.2. The van der Waals surface area contributed by atoms with Gasteiger partial charge in [-0.3, -0.25) is 9.89 Å². The Hall–Kier alpha value is -3.26. The molecule has 1 aliphatic heterocycles. The van der Waals surface area contributed by atoms with Crippen LogP contribution in [0.5, 0.6) is 0 Å². The van der Waals surface area contributed by atoms with Gasteiger partial charge in [0.2, 0.25) is 0 Å². The molecular formula is C25H24N4O3S. The number of aromatic nitrogens is 3. The summed E-state index contributed by atoms with van der Waals surface area (Å²) >= 11 is 0. The van der Waals surface area contributed by atoms with Gasteiger partial charge >= 0.3 is 0 Å². The first-order valence-electron chi connectivity index (χ1n) is 11.4. The minimum atomic E-state index is -3.02. The van der Waals surface area contributed by atoms with Crippen LogP contribution in [0.2, 0.25) is 0 Å². The van der Waals surface area contributed by atoms with Gasteiger partial charge < -0.3 is 4.90 Å². The SMILES string of the molecule is O=C(c1ccc(-c2nc3ccc4[nH]ncc4c3c3c2CCCC3)cc1)N1CCS(=O)(=O)CC1. The van der Waals surface area contributed by atoms with E-state index in [1.807, 2.05) is 36.5 Å². The highest BCUT2D eigenvalue weighted by atomic mass is 32.2. The molecule has 2 aliphatic rings. The number of H-pyrrole nitrogens is 1. The quantitative estimate of drug-likeness (QED) is 0.494. The van der Waals surface area contributed by atoms with Crippen LogP contribution in [0.15, 0.2) is 42.6 Å². The average Bonchev–Trinajstić information content (AvgIpc) is 3.32. The number of carbonyl (C=O) groups excluding carboxylic acids is 1. The van der Waals surface area contributed by atoms with Crippen LogP contribution in [0.25, 0.3) is 33.1 Å². The fourth-order valence-corrected chi connectivity index (χ4v) is 6.36. The van der Waals surface area contributed by atoms with E-state index in [1.54, 1.807) is 4.90 Å². The lowest BCUT2D eigenvalue weighted by molar-refractivity contribution is 0.0770. The topological polar surface area (TPSA) is 96.0 Å². The highest BCUT2D eigenvalue weighted by molar-refractivity contribution is 7.91. The summed E-state index contributed by atoms with van der Waals surface area (Å²) in [5.41, 5.74) is 7.22. The fourth-order valence-electron chi connectivity index (χ4n) is 5.15. The minimum absolute atomic E-state index is 0.0356. The second kappa shape index (κ2) is 7.66. The Bertz CT molecular complexity index is 1490. The third-order valence-electron chi connectivity index (χ3n) is 6.93. The molecule has 0 atom stereocenters. The Morgan fingerprint density at radius 1 is 0.939 bits per heavy atom. The number of hydrogen-bond acceptors (Lipinski definition) is 5. The number of nitrogens with one attached hydrogen (secondary N) is 1. The van der Waals surface area contributed by atoms with E-state index in [1.165, 1.54) is 22.9 Å². The Balaban J connectivity index is 1.39. The van der Waals surface area contributed by atoms with Gasteiger partial charge in [0, 0.05) is 35.0 Å². The van der Waals surface area contributed by atoms with Crippen molar-refractivity contribution in [2.45, 2.75) is 25.7 Å². The summed E-state index contributed by atoms with van der Waals surface area (Å²) in [6, 6.07) is 11.7. The van der Waals surface area contributed by atoms with E-state index in [-0.39, 0.29) is 30.5 Å². The van der Waals surface area contributed by atoms with Crippen molar-refractivity contribution in [1.82, 2.24) is 20.1 Å². The van der Waals surface area contributed by atoms with E-state index in [0.717, 1.165) is 46.9 Å². The van der Waals surface area contributed by atoms with Crippen LogP contribution in [0.3, 0.4) is 0 Å². The van der Waals surface area contributed by atoms with E-state index in [2.05, 4.69) is 16.3 Å². The first-order valence-corrected chi connectivity index (χ1v) is 13.2. The molecule has 4 aromatic rings. The van der Waals surface area contributed by atoms with Crippen molar-refractivity contribution in [3.05, 3.63) is 59.3 Å². The molecule has 168 valence electrons. The molecule has 8 heteroatoms. The number of pyridine rings is 1. The lowest BCUT2D eigenvalue weighted by Gasteiger charge is -2.27. The van der Waals surface area contributed by atoms with Gasteiger partial charge in [-0.05, 0) is 61.1 Å². The Morgan fingerprint density at radius 3 is 2.42 bits per heavy atom. The smallest absolute Gasteiger partial charge is 0.253 e. The maximum absolute atomic E-state index is 12.9.